The Morgan fingerprint density at radius 1 is 1.39 bits per heavy atom. The lowest BCUT2D eigenvalue weighted by molar-refractivity contribution is -0.132. The van der Waals surface area contributed by atoms with Gasteiger partial charge in [-0.25, -0.2) is 0 Å². The molecule has 0 saturated carbocycles. The first-order valence-corrected chi connectivity index (χ1v) is 6.37. The normalized spacial score (nSPS) is 15.5. The van der Waals surface area contributed by atoms with Crippen molar-refractivity contribution in [3.8, 4) is 0 Å². The predicted octanol–water partition coefficient (Wildman–Crippen LogP) is 2.64. The molecule has 18 heavy (non-hydrogen) atoms. The molecule has 3 nitrogen and oxygen atoms in total. The number of halogens is 2. The third kappa shape index (κ3) is 7.24. The summed E-state index contributed by atoms with van der Waals surface area (Å²) in [6.07, 6.45) is 5.53. The number of carbonyl (C=O) groups is 1. The Morgan fingerprint density at radius 2 is 2.00 bits per heavy atom. The molecule has 0 unspecified atom stereocenters. The molecule has 108 valence electrons. The smallest absolute Gasteiger partial charge is 0.222 e. The summed E-state index contributed by atoms with van der Waals surface area (Å²) in [7, 11) is 0. The molecule has 1 N–H and O–H groups in total. The van der Waals surface area contributed by atoms with Crippen LogP contribution in [0.4, 0.5) is 0 Å². The minimum Gasteiger partial charge on any atom is -0.343 e. The van der Waals surface area contributed by atoms with Gasteiger partial charge in [-0.15, -0.1) is 31.4 Å². The Hall–Kier alpha value is -0.250. The topological polar surface area (TPSA) is 32.3 Å². The largest absolute Gasteiger partial charge is 0.343 e. The summed E-state index contributed by atoms with van der Waals surface area (Å²) >= 11 is 0. The van der Waals surface area contributed by atoms with Crippen LogP contribution < -0.4 is 5.32 Å². The van der Waals surface area contributed by atoms with Crippen molar-refractivity contribution in [1.29, 1.82) is 0 Å². The lowest BCUT2D eigenvalue weighted by Gasteiger charge is -2.32. The van der Waals surface area contributed by atoms with Gasteiger partial charge in [-0.2, -0.15) is 0 Å². The zero-order valence-corrected chi connectivity index (χ0v) is 12.8. The van der Waals surface area contributed by atoms with Crippen LogP contribution in [0.1, 0.15) is 32.6 Å². The highest BCUT2D eigenvalue weighted by molar-refractivity contribution is 5.85. The third-order valence-corrected chi connectivity index (χ3v) is 3.21. The molecule has 0 aromatic heterocycles. The zero-order chi connectivity index (χ0) is 11.8. The van der Waals surface area contributed by atoms with E-state index in [4.69, 9.17) is 0 Å². The second-order valence-electron chi connectivity index (χ2n) is 4.46. The van der Waals surface area contributed by atoms with Crippen molar-refractivity contribution in [2.45, 2.75) is 32.6 Å². The Bertz CT molecular complexity index is 229. The Labute approximate surface area is 123 Å². The van der Waals surface area contributed by atoms with Crippen LogP contribution in [0.5, 0.6) is 0 Å². The van der Waals surface area contributed by atoms with E-state index in [0.717, 1.165) is 51.4 Å². The van der Waals surface area contributed by atoms with Gasteiger partial charge >= 0.3 is 0 Å². The van der Waals surface area contributed by atoms with Gasteiger partial charge in [0.1, 0.15) is 0 Å². The third-order valence-electron chi connectivity index (χ3n) is 3.21. The minimum atomic E-state index is 0. The number of piperidine rings is 1. The number of likely N-dealkylation sites (tertiary alicyclic amines) is 1. The van der Waals surface area contributed by atoms with Gasteiger partial charge in [0.2, 0.25) is 5.91 Å². The van der Waals surface area contributed by atoms with Gasteiger partial charge in [-0.05, 0) is 38.3 Å². The van der Waals surface area contributed by atoms with Gasteiger partial charge in [0.25, 0.3) is 0 Å². The maximum atomic E-state index is 11.7. The molecule has 5 heteroatoms. The molecule has 1 heterocycles. The number of hydrogen-bond acceptors (Lipinski definition) is 2. The van der Waals surface area contributed by atoms with Crippen molar-refractivity contribution < 1.29 is 4.79 Å². The zero-order valence-electron chi connectivity index (χ0n) is 11.2. The van der Waals surface area contributed by atoms with E-state index in [9.17, 15) is 4.79 Å². The molecule has 1 fully saturated rings. The number of carbonyl (C=O) groups excluding carboxylic acids is 1. The van der Waals surface area contributed by atoms with Gasteiger partial charge in [-0.1, -0.05) is 13.0 Å². The molecular weight excluding hydrogens is 271 g/mol. The number of amides is 1. The molecule has 0 aliphatic carbocycles. The van der Waals surface area contributed by atoms with Crippen LogP contribution in [-0.4, -0.2) is 37.0 Å². The number of rotatable bonds is 6. The standard InChI is InChI=1S/C13H24N2O.2ClH/c1-3-5-6-13(16)15-9-7-12(8-10-15)11-14-4-2;;/h3,12,14H,1,4-11H2,2H3;2*1H. The average molecular weight is 297 g/mol. The predicted molar refractivity (Wildman–Crippen MR) is 81.8 cm³/mol. The quantitative estimate of drug-likeness (QED) is 0.764. The fourth-order valence-electron chi connectivity index (χ4n) is 2.12. The summed E-state index contributed by atoms with van der Waals surface area (Å²) in [6.45, 7) is 9.79. The van der Waals surface area contributed by atoms with Crippen LogP contribution in [0.25, 0.3) is 0 Å². The van der Waals surface area contributed by atoms with E-state index in [2.05, 4.69) is 18.8 Å². The molecular formula is C13H26Cl2N2O. The van der Waals surface area contributed by atoms with Gasteiger partial charge in [0, 0.05) is 19.5 Å². The first-order valence-electron chi connectivity index (χ1n) is 6.37. The van der Waals surface area contributed by atoms with Crippen LogP contribution in [0, 0.1) is 5.92 Å². The van der Waals surface area contributed by atoms with Crippen molar-refractivity contribution in [2.24, 2.45) is 5.92 Å². The van der Waals surface area contributed by atoms with Crippen LogP contribution in [0.15, 0.2) is 12.7 Å². The van der Waals surface area contributed by atoms with Crippen LogP contribution in [0.2, 0.25) is 0 Å². The fourth-order valence-corrected chi connectivity index (χ4v) is 2.12. The number of nitrogens with one attached hydrogen (secondary N) is 1. The van der Waals surface area contributed by atoms with Crippen molar-refractivity contribution >= 4 is 30.7 Å². The first-order chi connectivity index (χ1) is 7.77. The number of allylic oxidation sites excluding steroid dienone is 1. The first kappa shape index (κ1) is 20.1. The van der Waals surface area contributed by atoms with E-state index in [-0.39, 0.29) is 24.8 Å². The summed E-state index contributed by atoms with van der Waals surface area (Å²) in [4.78, 5) is 13.7. The van der Waals surface area contributed by atoms with Gasteiger partial charge < -0.3 is 10.2 Å². The maximum absolute atomic E-state index is 11.7. The number of nitrogens with zero attached hydrogens (tertiary/aromatic N) is 1. The average Bonchev–Trinajstić information content (AvgIpc) is 2.34. The lowest BCUT2D eigenvalue weighted by Crippen LogP contribution is -2.40. The Kier molecular flexibility index (Phi) is 13.2. The van der Waals surface area contributed by atoms with E-state index >= 15 is 0 Å². The van der Waals surface area contributed by atoms with Crippen LogP contribution in [-0.2, 0) is 4.79 Å². The molecule has 0 spiro atoms. The van der Waals surface area contributed by atoms with E-state index in [0.29, 0.717) is 12.3 Å². The summed E-state index contributed by atoms with van der Waals surface area (Å²) in [5.74, 6) is 1.05. The maximum Gasteiger partial charge on any atom is 0.222 e. The summed E-state index contributed by atoms with van der Waals surface area (Å²) in [5, 5.41) is 3.38. The molecule has 1 rings (SSSR count). The summed E-state index contributed by atoms with van der Waals surface area (Å²) in [6, 6.07) is 0. The van der Waals surface area contributed by atoms with Crippen LogP contribution >= 0.6 is 24.8 Å². The molecule has 1 aliphatic heterocycles. The van der Waals surface area contributed by atoms with E-state index in [1.54, 1.807) is 0 Å². The van der Waals surface area contributed by atoms with Crippen LogP contribution in [0.3, 0.4) is 0 Å². The van der Waals surface area contributed by atoms with Crippen molar-refractivity contribution in [3.05, 3.63) is 12.7 Å². The fraction of sp³-hybridized carbons (Fsp3) is 0.769. The van der Waals surface area contributed by atoms with E-state index < -0.39 is 0 Å². The minimum absolute atomic E-state index is 0. The molecule has 0 aromatic carbocycles. The molecule has 0 atom stereocenters. The van der Waals surface area contributed by atoms with E-state index in [1.807, 2.05) is 11.0 Å². The van der Waals surface area contributed by atoms with Crippen molar-refractivity contribution in [1.82, 2.24) is 10.2 Å². The molecule has 0 aromatic rings. The second-order valence-corrected chi connectivity index (χ2v) is 4.46. The highest BCUT2D eigenvalue weighted by Crippen LogP contribution is 2.17. The van der Waals surface area contributed by atoms with Gasteiger partial charge in [0.15, 0.2) is 0 Å². The highest BCUT2D eigenvalue weighted by Gasteiger charge is 2.21. The second kappa shape index (κ2) is 11.8. The lowest BCUT2D eigenvalue weighted by atomic mass is 9.96. The SMILES string of the molecule is C=CCCC(=O)N1CCC(CNCC)CC1.Cl.Cl. The van der Waals surface area contributed by atoms with Gasteiger partial charge in [0.05, 0.1) is 0 Å². The van der Waals surface area contributed by atoms with Crippen molar-refractivity contribution in [3.63, 3.8) is 0 Å². The number of hydrogen-bond donors (Lipinski definition) is 1. The molecule has 0 bridgehead atoms. The molecule has 1 saturated heterocycles. The highest BCUT2D eigenvalue weighted by atomic mass is 35.5. The summed E-state index contributed by atoms with van der Waals surface area (Å²) < 4.78 is 0. The Morgan fingerprint density at radius 3 is 2.50 bits per heavy atom. The summed E-state index contributed by atoms with van der Waals surface area (Å²) in [5.41, 5.74) is 0. The van der Waals surface area contributed by atoms with Gasteiger partial charge in [-0.3, -0.25) is 4.79 Å². The molecule has 1 aliphatic rings. The molecule has 1 amide bonds. The van der Waals surface area contributed by atoms with Crippen molar-refractivity contribution in [2.75, 3.05) is 26.2 Å². The Balaban J connectivity index is 0. The molecule has 0 radical (unpaired) electrons. The van der Waals surface area contributed by atoms with E-state index in [1.165, 1.54) is 0 Å². The monoisotopic (exact) mass is 296 g/mol.